The van der Waals surface area contributed by atoms with Gasteiger partial charge in [-0.05, 0) is 92.0 Å². The fraction of sp³-hybridized carbons (Fsp3) is 0.0732. The van der Waals surface area contributed by atoms with Gasteiger partial charge in [-0.25, -0.2) is 0 Å². The lowest BCUT2D eigenvalue weighted by Gasteiger charge is -2.28. The Bertz CT molecular complexity index is 2100. The summed E-state index contributed by atoms with van der Waals surface area (Å²) in [5.41, 5.74) is 11.4. The zero-order valence-electron chi connectivity index (χ0n) is 23.9. The Morgan fingerprint density at radius 2 is 1.07 bits per heavy atom. The standard InChI is InChI=1S/C41H31N/c1-41(2)38-20-9-8-18-35(38)37-26-30-14-11-21-40(36(30)27-39(37)41)42(31-15-4-3-5-16-31)32-24-22-29(23-25-32)34-19-10-13-28-12-6-7-17-33(28)34/h3-27H,1-2H3. The summed E-state index contributed by atoms with van der Waals surface area (Å²) in [7, 11) is 0. The summed E-state index contributed by atoms with van der Waals surface area (Å²) in [4.78, 5) is 2.40. The van der Waals surface area contributed by atoms with E-state index in [0.717, 1.165) is 11.4 Å². The minimum absolute atomic E-state index is 0.0507. The summed E-state index contributed by atoms with van der Waals surface area (Å²) in [5.74, 6) is 0. The van der Waals surface area contributed by atoms with E-state index >= 15 is 0 Å². The molecule has 7 aromatic carbocycles. The zero-order chi connectivity index (χ0) is 28.3. The van der Waals surface area contributed by atoms with Crippen molar-refractivity contribution in [1.82, 2.24) is 0 Å². The Kier molecular flexibility index (Phi) is 5.55. The van der Waals surface area contributed by atoms with Crippen molar-refractivity contribution in [2.75, 3.05) is 4.90 Å². The molecule has 0 spiro atoms. The predicted molar refractivity (Wildman–Crippen MR) is 179 cm³/mol. The van der Waals surface area contributed by atoms with Crippen LogP contribution in [0.5, 0.6) is 0 Å². The van der Waals surface area contributed by atoms with Gasteiger partial charge in [-0.2, -0.15) is 0 Å². The second kappa shape index (κ2) is 9.46. The maximum atomic E-state index is 2.44. The molecule has 0 bridgehead atoms. The highest BCUT2D eigenvalue weighted by atomic mass is 15.1. The van der Waals surface area contributed by atoms with Gasteiger partial charge < -0.3 is 4.90 Å². The minimum atomic E-state index is -0.0507. The first-order valence-electron chi connectivity index (χ1n) is 14.7. The van der Waals surface area contributed by atoms with E-state index in [1.165, 1.54) is 60.6 Å². The van der Waals surface area contributed by atoms with E-state index in [0.29, 0.717) is 0 Å². The number of benzene rings is 7. The van der Waals surface area contributed by atoms with Gasteiger partial charge in [0.15, 0.2) is 0 Å². The van der Waals surface area contributed by atoms with Crippen LogP contribution in [-0.4, -0.2) is 0 Å². The van der Waals surface area contributed by atoms with Crippen LogP contribution in [0.25, 0.3) is 43.8 Å². The van der Waals surface area contributed by atoms with Crippen molar-refractivity contribution in [3.63, 3.8) is 0 Å². The first kappa shape index (κ1) is 24.6. The molecule has 1 aliphatic rings. The van der Waals surface area contributed by atoms with E-state index in [9.17, 15) is 0 Å². The SMILES string of the molecule is CC1(C)c2ccccc2-c2cc3cccc(N(c4ccccc4)c4ccc(-c5cccc6ccccc56)cc4)c3cc21. The molecule has 0 amide bonds. The van der Waals surface area contributed by atoms with Crippen molar-refractivity contribution in [1.29, 1.82) is 0 Å². The lowest BCUT2D eigenvalue weighted by Crippen LogP contribution is -2.15. The van der Waals surface area contributed by atoms with Gasteiger partial charge in [0.1, 0.15) is 0 Å². The van der Waals surface area contributed by atoms with Crippen LogP contribution in [0.2, 0.25) is 0 Å². The monoisotopic (exact) mass is 537 g/mol. The molecular weight excluding hydrogens is 506 g/mol. The maximum absolute atomic E-state index is 2.44. The summed E-state index contributed by atoms with van der Waals surface area (Å²) in [6.07, 6.45) is 0. The summed E-state index contributed by atoms with van der Waals surface area (Å²) in [6, 6.07) is 55.3. The maximum Gasteiger partial charge on any atom is 0.0540 e. The van der Waals surface area contributed by atoms with Crippen molar-refractivity contribution in [2.45, 2.75) is 19.3 Å². The van der Waals surface area contributed by atoms with Crippen molar-refractivity contribution >= 4 is 38.6 Å². The average Bonchev–Trinajstić information content (AvgIpc) is 3.26. The van der Waals surface area contributed by atoms with Crippen molar-refractivity contribution in [2.24, 2.45) is 0 Å². The fourth-order valence-electron chi connectivity index (χ4n) is 6.92. The zero-order valence-corrected chi connectivity index (χ0v) is 23.9. The summed E-state index contributed by atoms with van der Waals surface area (Å²) >= 11 is 0. The Morgan fingerprint density at radius 1 is 0.429 bits per heavy atom. The molecule has 0 N–H and O–H groups in total. The summed E-state index contributed by atoms with van der Waals surface area (Å²) in [6.45, 7) is 4.71. The van der Waals surface area contributed by atoms with E-state index in [4.69, 9.17) is 0 Å². The van der Waals surface area contributed by atoms with Crippen LogP contribution in [0.15, 0.2) is 152 Å². The van der Waals surface area contributed by atoms with Gasteiger partial charge in [0.05, 0.1) is 5.69 Å². The van der Waals surface area contributed by atoms with Crippen LogP contribution < -0.4 is 4.90 Å². The minimum Gasteiger partial charge on any atom is -0.310 e. The van der Waals surface area contributed by atoms with Gasteiger partial charge in [0.2, 0.25) is 0 Å². The van der Waals surface area contributed by atoms with Gasteiger partial charge in [-0.15, -0.1) is 0 Å². The van der Waals surface area contributed by atoms with Crippen LogP contribution in [0.4, 0.5) is 17.1 Å². The number of rotatable bonds is 4. The van der Waals surface area contributed by atoms with Crippen LogP contribution in [0.3, 0.4) is 0 Å². The number of hydrogen-bond acceptors (Lipinski definition) is 1. The third-order valence-corrected chi connectivity index (χ3v) is 9.04. The highest BCUT2D eigenvalue weighted by Gasteiger charge is 2.35. The quantitative estimate of drug-likeness (QED) is 0.216. The molecule has 0 saturated carbocycles. The number of para-hydroxylation sites is 1. The Labute approximate surface area is 247 Å². The Hall–Kier alpha value is -5.14. The van der Waals surface area contributed by atoms with Crippen molar-refractivity contribution in [3.05, 3.63) is 163 Å². The van der Waals surface area contributed by atoms with Gasteiger partial charge in [-0.1, -0.05) is 123 Å². The van der Waals surface area contributed by atoms with E-state index in [-0.39, 0.29) is 5.41 Å². The molecule has 200 valence electrons. The average molecular weight is 538 g/mol. The van der Waals surface area contributed by atoms with Crippen LogP contribution in [0, 0.1) is 0 Å². The van der Waals surface area contributed by atoms with E-state index in [1.807, 2.05) is 0 Å². The normalized spacial score (nSPS) is 13.2. The van der Waals surface area contributed by atoms with Gasteiger partial charge in [-0.3, -0.25) is 0 Å². The van der Waals surface area contributed by atoms with Crippen molar-refractivity contribution in [3.8, 4) is 22.3 Å². The van der Waals surface area contributed by atoms with Crippen molar-refractivity contribution < 1.29 is 0 Å². The lowest BCUT2D eigenvalue weighted by molar-refractivity contribution is 0.661. The number of nitrogens with zero attached hydrogens (tertiary/aromatic N) is 1. The largest absolute Gasteiger partial charge is 0.310 e. The second-order valence-electron chi connectivity index (χ2n) is 11.8. The highest BCUT2D eigenvalue weighted by molar-refractivity contribution is 6.03. The molecule has 0 saturated heterocycles. The Morgan fingerprint density at radius 3 is 1.93 bits per heavy atom. The molecule has 1 nitrogen and oxygen atoms in total. The molecule has 0 aliphatic heterocycles. The lowest BCUT2D eigenvalue weighted by atomic mass is 9.82. The van der Waals surface area contributed by atoms with Crippen LogP contribution >= 0.6 is 0 Å². The molecule has 0 aromatic heterocycles. The summed E-state index contributed by atoms with van der Waals surface area (Å²) in [5, 5.41) is 5.06. The third kappa shape index (κ3) is 3.78. The van der Waals surface area contributed by atoms with E-state index in [2.05, 4.69) is 170 Å². The van der Waals surface area contributed by atoms with Crippen LogP contribution in [-0.2, 0) is 5.41 Å². The smallest absolute Gasteiger partial charge is 0.0540 e. The highest BCUT2D eigenvalue weighted by Crippen LogP contribution is 2.51. The summed E-state index contributed by atoms with van der Waals surface area (Å²) < 4.78 is 0. The number of anilines is 3. The molecule has 8 rings (SSSR count). The molecule has 0 fully saturated rings. The Balaban J connectivity index is 1.30. The molecule has 0 heterocycles. The number of hydrogen-bond donors (Lipinski definition) is 0. The van der Waals surface area contributed by atoms with Gasteiger partial charge >= 0.3 is 0 Å². The molecule has 7 aromatic rings. The topological polar surface area (TPSA) is 3.24 Å². The van der Waals surface area contributed by atoms with Gasteiger partial charge in [0.25, 0.3) is 0 Å². The van der Waals surface area contributed by atoms with E-state index in [1.54, 1.807) is 0 Å². The second-order valence-corrected chi connectivity index (χ2v) is 11.8. The molecule has 1 heteroatoms. The third-order valence-electron chi connectivity index (χ3n) is 9.04. The molecule has 1 aliphatic carbocycles. The van der Waals surface area contributed by atoms with Crippen LogP contribution in [0.1, 0.15) is 25.0 Å². The first-order chi connectivity index (χ1) is 20.6. The van der Waals surface area contributed by atoms with Gasteiger partial charge in [0, 0.05) is 22.2 Å². The molecule has 42 heavy (non-hydrogen) atoms. The predicted octanol–water partition coefficient (Wildman–Crippen LogP) is 11.4. The fourth-order valence-corrected chi connectivity index (χ4v) is 6.92. The molecule has 0 unspecified atom stereocenters. The number of fused-ring (bicyclic) bond motifs is 5. The first-order valence-corrected chi connectivity index (χ1v) is 14.7. The van der Waals surface area contributed by atoms with E-state index < -0.39 is 0 Å². The molecule has 0 atom stereocenters. The molecular formula is C41H31N. The molecule has 0 radical (unpaired) electrons.